The predicted octanol–water partition coefficient (Wildman–Crippen LogP) is 8.55. The first-order chi connectivity index (χ1) is 18.5. The van der Waals surface area contributed by atoms with E-state index in [1.54, 1.807) is 0 Å². The standard InChI is InChI=1S/C36H44O2Si/c1-35(2,3)30-24-26(25-31(33(30)37)36(4,5)6)22-23-32(27-16-10-7-11-17-27)38-39-34(28-18-12-8-13-19-28)29-20-14-9-15-21-29/h7-21,24-25,32,34,37H,22-23,39H2,1-6H3. The van der Waals surface area contributed by atoms with Crippen LogP contribution in [0.25, 0.3) is 0 Å². The molecule has 0 heterocycles. The van der Waals surface area contributed by atoms with Crippen LogP contribution in [-0.4, -0.2) is 14.9 Å². The summed E-state index contributed by atoms with van der Waals surface area (Å²) in [5.74, 6) is 0.440. The summed E-state index contributed by atoms with van der Waals surface area (Å²) in [6.45, 7) is 13.0. The van der Waals surface area contributed by atoms with Crippen molar-refractivity contribution >= 4 is 9.76 Å². The fraction of sp³-hybridized carbons (Fsp3) is 0.333. The fourth-order valence-electron chi connectivity index (χ4n) is 5.26. The molecule has 0 spiro atoms. The summed E-state index contributed by atoms with van der Waals surface area (Å²) in [4.78, 5) is 0. The molecule has 3 heteroatoms. The highest BCUT2D eigenvalue weighted by atomic mass is 28.2. The zero-order valence-electron chi connectivity index (χ0n) is 24.4. The van der Waals surface area contributed by atoms with Crippen LogP contribution in [0, 0.1) is 0 Å². The van der Waals surface area contributed by atoms with Gasteiger partial charge in [-0.1, -0.05) is 145 Å². The SMILES string of the molecule is CC(C)(C)c1cc(CCC(O[SiH2]C(c2ccccc2)c2ccccc2)c2ccccc2)cc(C(C)(C)C)c1O. The van der Waals surface area contributed by atoms with E-state index in [-0.39, 0.29) is 16.9 Å². The molecule has 0 amide bonds. The lowest BCUT2D eigenvalue weighted by Gasteiger charge is -2.29. The quantitative estimate of drug-likeness (QED) is 0.217. The van der Waals surface area contributed by atoms with Crippen LogP contribution in [-0.2, 0) is 21.7 Å². The van der Waals surface area contributed by atoms with Crippen molar-refractivity contribution in [1.82, 2.24) is 0 Å². The first kappa shape index (κ1) is 28.9. The van der Waals surface area contributed by atoms with Gasteiger partial charge >= 0.3 is 0 Å². The van der Waals surface area contributed by atoms with Gasteiger partial charge in [-0.2, -0.15) is 0 Å². The topological polar surface area (TPSA) is 29.5 Å². The molecule has 4 rings (SSSR count). The lowest BCUT2D eigenvalue weighted by atomic mass is 9.78. The molecular weight excluding hydrogens is 492 g/mol. The second-order valence-corrected chi connectivity index (χ2v) is 14.2. The predicted molar refractivity (Wildman–Crippen MR) is 167 cm³/mol. The maximum Gasteiger partial charge on any atom is 0.174 e. The Kier molecular flexibility index (Phi) is 9.14. The molecule has 0 aliphatic heterocycles. The summed E-state index contributed by atoms with van der Waals surface area (Å²) in [5.41, 5.74) is 7.20. The minimum atomic E-state index is -0.970. The summed E-state index contributed by atoms with van der Waals surface area (Å²) in [7, 11) is -0.970. The molecule has 0 bridgehead atoms. The van der Waals surface area contributed by atoms with Gasteiger partial charge in [0.1, 0.15) is 5.75 Å². The molecule has 1 N–H and O–H groups in total. The van der Waals surface area contributed by atoms with Crippen molar-refractivity contribution in [1.29, 1.82) is 0 Å². The van der Waals surface area contributed by atoms with Gasteiger partial charge in [0.05, 0.1) is 6.10 Å². The molecule has 1 unspecified atom stereocenters. The molecule has 4 aromatic carbocycles. The Morgan fingerprint density at radius 3 is 1.46 bits per heavy atom. The third kappa shape index (κ3) is 7.50. The van der Waals surface area contributed by atoms with Gasteiger partial charge in [0.25, 0.3) is 0 Å². The number of hydrogen-bond donors (Lipinski definition) is 1. The van der Waals surface area contributed by atoms with Crippen LogP contribution < -0.4 is 0 Å². The van der Waals surface area contributed by atoms with Crippen molar-refractivity contribution in [2.24, 2.45) is 0 Å². The van der Waals surface area contributed by atoms with E-state index in [9.17, 15) is 5.11 Å². The van der Waals surface area contributed by atoms with Crippen molar-refractivity contribution in [2.45, 2.75) is 76.9 Å². The van der Waals surface area contributed by atoms with E-state index in [1.807, 2.05) is 0 Å². The molecule has 0 saturated heterocycles. The van der Waals surface area contributed by atoms with E-state index in [4.69, 9.17) is 4.43 Å². The Balaban J connectivity index is 1.62. The summed E-state index contributed by atoms with van der Waals surface area (Å²) in [6, 6.07) is 36.6. The number of aromatic hydroxyl groups is 1. The van der Waals surface area contributed by atoms with Gasteiger partial charge in [0, 0.05) is 5.54 Å². The van der Waals surface area contributed by atoms with Gasteiger partial charge in [-0.25, -0.2) is 0 Å². The Morgan fingerprint density at radius 2 is 1.05 bits per heavy atom. The molecule has 2 nitrogen and oxygen atoms in total. The molecule has 204 valence electrons. The minimum absolute atomic E-state index is 0.0257. The normalized spacial score (nSPS) is 13.3. The van der Waals surface area contributed by atoms with Gasteiger partial charge in [0.15, 0.2) is 9.76 Å². The maximum atomic E-state index is 11.2. The van der Waals surface area contributed by atoms with Gasteiger partial charge in [-0.15, -0.1) is 0 Å². The first-order valence-corrected chi connectivity index (χ1v) is 15.6. The summed E-state index contributed by atoms with van der Waals surface area (Å²) in [5, 5.41) is 11.2. The smallest absolute Gasteiger partial charge is 0.174 e. The number of phenols is 1. The van der Waals surface area contributed by atoms with E-state index < -0.39 is 9.76 Å². The van der Waals surface area contributed by atoms with Crippen molar-refractivity contribution < 1.29 is 9.53 Å². The zero-order chi connectivity index (χ0) is 28.0. The van der Waals surface area contributed by atoms with E-state index in [2.05, 4.69) is 145 Å². The molecule has 0 radical (unpaired) electrons. The summed E-state index contributed by atoms with van der Waals surface area (Å²) >= 11 is 0. The summed E-state index contributed by atoms with van der Waals surface area (Å²) in [6.07, 6.45) is 1.81. The molecular formula is C36H44O2Si. The van der Waals surface area contributed by atoms with Gasteiger partial charge < -0.3 is 9.53 Å². The molecule has 0 aromatic heterocycles. The molecule has 4 aromatic rings. The van der Waals surface area contributed by atoms with Crippen molar-refractivity contribution in [3.8, 4) is 5.75 Å². The van der Waals surface area contributed by atoms with E-state index >= 15 is 0 Å². The van der Waals surface area contributed by atoms with Gasteiger partial charge in [0.2, 0.25) is 0 Å². The fourth-order valence-corrected chi connectivity index (χ4v) is 6.97. The number of rotatable bonds is 9. The average molecular weight is 537 g/mol. The number of benzene rings is 4. The second-order valence-electron chi connectivity index (χ2n) is 12.7. The first-order valence-electron chi connectivity index (χ1n) is 14.2. The molecule has 0 aliphatic rings. The third-order valence-electron chi connectivity index (χ3n) is 7.52. The van der Waals surface area contributed by atoms with Gasteiger partial charge in [-0.3, -0.25) is 0 Å². The molecule has 1 atom stereocenters. The van der Waals surface area contributed by atoms with Crippen LogP contribution in [0.5, 0.6) is 5.75 Å². The largest absolute Gasteiger partial charge is 0.507 e. The Labute approximate surface area is 238 Å². The zero-order valence-corrected chi connectivity index (χ0v) is 25.9. The molecule has 39 heavy (non-hydrogen) atoms. The van der Waals surface area contributed by atoms with Crippen LogP contribution >= 0.6 is 0 Å². The minimum Gasteiger partial charge on any atom is -0.507 e. The van der Waals surface area contributed by atoms with Crippen LogP contribution in [0.15, 0.2) is 103 Å². The lowest BCUT2D eigenvalue weighted by Crippen LogP contribution is -2.19. The highest BCUT2D eigenvalue weighted by molar-refractivity contribution is 6.31. The highest BCUT2D eigenvalue weighted by Crippen LogP contribution is 2.40. The third-order valence-corrected chi connectivity index (χ3v) is 9.39. The van der Waals surface area contributed by atoms with Crippen LogP contribution in [0.1, 0.15) is 93.0 Å². The number of hydrogen-bond acceptors (Lipinski definition) is 2. The number of aryl methyl sites for hydroxylation is 1. The van der Waals surface area contributed by atoms with Crippen molar-refractivity contribution in [3.05, 3.63) is 137 Å². The lowest BCUT2D eigenvalue weighted by molar-refractivity contribution is 0.203. The average Bonchev–Trinajstić information content (AvgIpc) is 2.91. The van der Waals surface area contributed by atoms with Crippen LogP contribution in [0.2, 0.25) is 0 Å². The van der Waals surface area contributed by atoms with Crippen molar-refractivity contribution in [2.75, 3.05) is 0 Å². The maximum absolute atomic E-state index is 11.2. The Bertz CT molecular complexity index is 1250. The highest BCUT2D eigenvalue weighted by Gasteiger charge is 2.27. The van der Waals surface area contributed by atoms with Crippen LogP contribution in [0.3, 0.4) is 0 Å². The molecule has 0 saturated carbocycles. The van der Waals surface area contributed by atoms with Crippen molar-refractivity contribution in [3.63, 3.8) is 0 Å². The van der Waals surface area contributed by atoms with Crippen LogP contribution in [0.4, 0.5) is 0 Å². The molecule has 0 aliphatic carbocycles. The monoisotopic (exact) mass is 536 g/mol. The second kappa shape index (κ2) is 12.4. The molecule has 0 fully saturated rings. The Hall–Kier alpha value is -3.14. The number of phenolic OH excluding ortho intramolecular Hbond substituents is 1. The Morgan fingerprint density at radius 1 is 0.641 bits per heavy atom. The van der Waals surface area contributed by atoms with Gasteiger partial charge in [-0.05, 0) is 57.1 Å². The summed E-state index contributed by atoms with van der Waals surface area (Å²) < 4.78 is 6.93. The van der Waals surface area contributed by atoms with E-state index in [0.717, 1.165) is 24.0 Å². The van der Waals surface area contributed by atoms with E-state index in [0.29, 0.717) is 11.3 Å². The van der Waals surface area contributed by atoms with E-state index in [1.165, 1.54) is 22.3 Å².